The first kappa shape index (κ1) is 25.6. The number of amides is 4. The topological polar surface area (TPSA) is 116 Å². The van der Waals surface area contributed by atoms with Gasteiger partial charge in [-0.05, 0) is 70.5 Å². The molecule has 0 aliphatic rings. The van der Waals surface area contributed by atoms with Crippen LogP contribution < -0.4 is 21.3 Å². The lowest BCUT2D eigenvalue weighted by atomic mass is 10.1. The summed E-state index contributed by atoms with van der Waals surface area (Å²) in [6.07, 6.45) is 0.679. The van der Waals surface area contributed by atoms with Gasteiger partial charge in [0, 0.05) is 47.4 Å². The van der Waals surface area contributed by atoms with Crippen molar-refractivity contribution in [2.45, 2.75) is 59.0 Å². The van der Waals surface area contributed by atoms with Gasteiger partial charge in [0.25, 0.3) is 11.8 Å². The molecule has 0 radical (unpaired) electrons. The van der Waals surface area contributed by atoms with Crippen LogP contribution in [0.1, 0.15) is 67.7 Å². The van der Waals surface area contributed by atoms with Crippen molar-refractivity contribution in [3.63, 3.8) is 0 Å². The van der Waals surface area contributed by atoms with E-state index in [9.17, 15) is 19.2 Å². The number of rotatable bonds is 10. The van der Waals surface area contributed by atoms with E-state index >= 15 is 0 Å². The average Bonchev–Trinajstić information content (AvgIpc) is 2.73. The first-order chi connectivity index (χ1) is 15.6. The Morgan fingerprint density at radius 3 is 1.42 bits per heavy atom. The predicted octanol–water partition coefficient (Wildman–Crippen LogP) is 3.71. The van der Waals surface area contributed by atoms with Gasteiger partial charge in [-0.15, -0.1) is 0 Å². The third-order valence-electron chi connectivity index (χ3n) is 4.46. The van der Waals surface area contributed by atoms with Crippen LogP contribution in [0.15, 0.2) is 48.5 Å². The fourth-order valence-electron chi connectivity index (χ4n) is 3.02. The van der Waals surface area contributed by atoms with Gasteiger partial charge in [-0.25, -0.2) is 0 Å². The molecule has 8 heteroatoms. The Morgan fingerprint density at radius 1 is 0.667 bits per heavy atom. The van der Waals surface area contributed by atoms with Gasteiger partial charge in [0.2, 0.25) is 11.8 Å². The van der Waals surface area contributed by atoms with Gasteiger partial charge in [-0.3, -0.25) is 19.2 Å². The molecule has 8 nitrogen and oxygen atoms in total. The first-order valence-electron chi connectivity index (χ1n) is 11.1. The maximum Gasteiger partial charge on any atom is 0.251 e. The van der Waals surface area contributed by atoms with E-state index < -0.39 is 0 Å². The lowest BCUT2D eigenvalue weighted by Crippen LogP contribution is -2.30. The highest BCUT2D eigenvalue weighted by molar-refractivity contribution is 5.98. The second-order valence-corrected chi connectivity index (χ2v) is 8.37. The summed E-state index contributed by atoms with van der Waals surface area (Å²) in [6, 6.07) is 13.4. The molecular weight excluding hydrogens is 420 g/mol. The number of benzene rings is 2. The molecule has 0 spiro atoms. The first-order valence-corrected chi connectivity index (χ1v) is 11.1. The Hall–Kier alpha value is -3.68. The van der Waals surface area contributed by atoms with E-state index in [-0.39, 0.29) is 48.6 Å². The summed E-state index contributed by atoms with van der Waals surface area (Å²) in [5.74, 6) is -0.889. The maximum atomic E-state index is 12.2. The van der Waals surface area contributed by atoms with Crippen molar-refractivity contribution in [2.75, 3.05) is 10.6 Å². The molecule has 0 saturated carbocycles. The molecule has 0 aromatic heterocycles. The Bertz CT molecular complexity index is 922. The van der Waals surface area contributed by atoms with Crippen LogP contribution in [0, 0.1) is 0 Å². The van der Waals surface area contributed by atoms with E-state index in [1.54, 1.807) is 48.5 Å². The standard InChI is InChI=1S/C25H32N4O4/c1-16(2)26-24(32)18-8-5-10-20(14-18)28-22(30)12-7-13-23(31)29-21-11-6-9-19(15-21)25(33)27-17(3)4/h5-6,8-11,14-17H,7,12-13H2,1-4H3,(H,26,32)(H,27,33)(H,28,30)(H,29,31). The molecule has 0 unspecified atom stereocenters. The monoisotopic (exact) mass is 452 g/mol. The number of hydrogen-bond donors (Lipinski definition) is 4. The number of carbonyl (C=O) groups excluding carboxylic acids is 4. The molecule has 2 aromatic rings. The molecule has 0 fully saturated rings. The zero-order valence-electron chi connectivity index (χ0n) is 19.5. The van der Waals surface area contributed by atoms with E-state index in [1.807, 2.05) is 27.7 Å². The molecule has 33 heavy (non-hydrogen) atoms. The van der Waals surface area contributed by atoms with Crippen molar-refractivity contribution < 1.29 is 19.2 Å². The minimum absolute atomic E-state index is 0.0153. The SMILES string of the molecule is CC(C)NC(=O)c1cccc(NC(=O)CCCC(=O)Nc2cccc(C(=O)NC(C)C)c2)c1. The number of nitrogens with one attached hydrogen (secondary N) is 4. The van der Waals surface area contributed by atoms with E-state index in [0.29, 0.717) is 28.9 Å². The Kier molecular flexibility index (Phi) is 9.60. The van der Waals surface area contributed by atoms with Gasteiger partial charge in [0.15, 0.2) is 0 Å². The van der Waals surface area contributed by atoms with Crippen molar-refractivity contribution in [2.24, 2.45) is 0 Å². The highest BCUT2D eigenvalue weighted by atomic mass is 16.2. The lowest BCUT2D eigenvalue weighted by Gasteiger charge is -2.11. The molecule has 176 valence electrons. The lowest BCUT2D eigenvalue weighted by molar-refractivity contribution is -0.117. The summed E-state index contributed by atoms with van der Waals surface area (Å²) in [5.41, 5.74) is 1.98. The molecular formula is C25H32N4O4. The van der Waals surface area contributed by atoms with Crippen LogP contribution in [0.5, 0.6) is 0 Å². The number of hydrogen-bond acceptors (Lipinski definition) is 4. The number of carbonyl (C=O) groups is 4. The molecule has 4 N–H and O–H groups in total. The Balaban J connectivity index is 1.80. The summed E-state index contributed by atoms with van der Waals surface area (Å²) in [5, 5.41) is 11.1. The molecule has 0 saturated heterocycles. The van der Waals surface area contributed by atoms with E-state index in [2.05, 4.69) is 21.3 Å². The summed E-state index contributed by atoms with van der Waals surface area (Å²) in [6.45, 7) is 7.50. The van der Waals surface area contributed by atoms with Crippen LogP contribution in [-0.4, -0.2) is 35.7 Å². The van der Waals surface area contributed by atoms with Crippen molar-refractivity contribution in [1.29, 1.82) is 0 Å². The van der Waals surface area contributed by atoms with Crippen molar-refractivity contribution in [3.8, 4) is 0 Å². The largest absolute Gasteiger partial charge is 0.350 e. The van der Waals surface area contributed by atoms with Gasteiger partial charge in [0.1, 0.15) is 0 Å². The molecule has 0 aliphatic heterocycles. The van der Waals surface area contributed by atoms with Gasteiger partial charge in [-0.2, -0.15) is 0 Å². The van der Waals surface area contributed by atoms with Crippen LogP contribution >= 0.6 is 0 Å². The summed E-state index contributed by atoms with van der Waals surface area (Å²) in [4.78, 5) is 48.7. The summed E-state index contributed by atoms with van der Waals surface area (Å²) < 4.78 is 0. The average molecular weight is 453 g/mol. The van der Waals surface area contributed by atoms with Crippen LogP contribution in [-0.2, 0) is 9.59 Å². The van der Waals surface area contributed by atoms with Crippen LogP contribution in [0.4, 0.5) is 11.4 Å². The minimum atomic E-state index is -0.239. The van der Waals surface area contributed by atoms with Crippen molar-refractivity contribution in [3.05, 3.63) is 59.7 Å². The van der Waals surface area contributed by atoms with Crippen LogP contribution in [0.25, 0.3) is 0 Å². The van der Waals surface area contributed by atoms with E-state index in [0.717, 1.165) is 0 Å². The second-order valence-electron chi connectivity index (χ2n) is 8.37. The molecule has 2 rings (SSSR count). The summed E-state index contributed by atoms with van der Waals surface area (Å²) in [7, 11) is 0. The van der Waals surface area contributed by atoms with Crippen LogP contribution in [0.3, 0.4) is 0 Å². The smallest absolute Gasteiger partial charge is 0.251 e. The fourth-order valence-corrected chi connectivity index (χ4v) is 3.02. The van der Waals surface area contributed by atoms with E-state index in [1.165, 1.54) is 0 Å². The highest BCUT2D eigenvalue weighted by Gasteiger charge is 2.11. The predicted molar refractivity (Wildman–Crippen MR) is 129 cm³/mol. The van der Waals surface area contributed by atoms with E-state index in [4.69, 9.17) is 0 Å². The van der Waals surface area contributed by atoms with Gasteiger partial charge >= 0.3 is 0 Å². The highest BCUT2D eigenvalue weighted by Crippen LogP contribution is 2.14. The van der Waals surface area contributed by atoms with Gasteiger partial charge in [-0.1, -0.05) is 12.1 Å². The van der Waals surface area contributed by atoms with Crippen LogP contribution in [0.2, 0.25) is 0 Å². The molecule has 0 atom stereocenters. The Labute approximate surface area is 194 Å². The number of anilines is 2. The van der Waals surface area contributed by atoms with Crippen molar-refractivity contribution in [1.82, 2.24) is 10.6 Å². The van der Waals surface area contributed by atoms with Gasteiger partial charge in [0.05, 0.1) is 0 Å². The summed E-state index contributed by atoms with van der Waals surface area (Å²) >= 11 is 0. The zero-order chi connectivity index (χ0) is 24.4. The second kappa shape index (κ2) is 12.4. The zero-order valence-corrected chi connectivity index (χ0v) is 19.5. The molecule has 4 amide bonds. The Morgan fingerprint density at radius 2 is 1.06 bits per heavy atom. The molecule has 0 heterocycles. The molecule has 2 aromatic carbocycles. The maximum absolute atomic E-state index is 12.2. The van der Waals surface area contributed by atoms with Gasteiger partial charge < -0.3 is 21.3 Å². The fraction of sp³-hybridized carbons (Fsp3) is 0.360. The molecule has 0 aliphatic carbocycles. The quantitative estimate of drug-likeness (QED) is 0.440. The minimum Gasteiger partial charge on any atom is -0.350 e. The third-order valence-corrected chi connectivity index (χ3v) is 4.46. The van der Waals surface area contributed by atoms with Crippen molar-refractivity contribution >= 4 is 35.0 Å². The third kappa shape index (κ3) is 9.14. The normalized spacial score (nSPS) is 10.6. The molecule has 0 bridgehead atoms.